The third kappa shape index (κ3) is 5.30. The second-order valence-electron chi connectivity index (χ2n) is 14.7. The molecule has 256 valence electrons. The van der Waals surface area contributed by atoms with Gasteiger partial charge in [0.2, 0.25) is 0 Å². The topological polar surface area (TPSA) is 75.6 Å². The van der Waals surface area contributed by atoms with Crippen LogP contribution in [0, 0.1) is 24.0 Å². The van der Waals surface area contributed by atoms with Crippen LogP contribution in [0.15, 0.2) is 60.5 Å². The number of allylic oxidation sites excluding steroid dienone is 1. The number of rotatable bonds is 8. The lowest BCUT2D eigenvalue weighted by atomic mass is 9.94. The van der Waals surface area contributed by atoms with E-state index < -0.39 is 11.6 Å². The molecule has 4 saturated heterocycles. The highest BCUT2D eigenvalue weighted by molar-refractivity contribution is 6.02. The van der Waals surface area contributed by atoms with Gasteiger partial charge in [0.25, 0.3) is 0 Å². The Bertz CT molecular complexity index is 2090. The van der Waals surface area contributed by atoms with Gasteiger partial charge in [-0.05, 0) is 68.4 Å². The lowest BCUT2D eigenvalue weighted by Crippen LogP contribution is -2.51. The number of nitrogens with one attached hydrogen (secondary N) is 1. The first-order valence-electron chi connectivity index (χ1n) is 17.8. The SMILES string of the molecule is C#Cc1c(F)ccc2cccc(-c3ncc4c(N5CC6CCC(C5)N6)nc(OCC56CCC(COC=C7CCC7)N5CC(=C)C6)nc4c3F)c12. The van der Waals surface area contributed by atoms with E-state index in [0.717, 1.165) is 64.6 Å². The number of ether oxygens (including phenoxy) is 2. The maximum absolute atomic E-state index is 17.0. The molecule has 5 aliphatic rings. The molecule has 2 aromatic heterocycles. The lowest BCUT2D eigenvalue weighted by Gasteiger charge is -2.35. The van der Waals surface area contributed by atoms with Crippen molar-refractivity contribution in [3.63, 3.8) is 0 Å². The maximum atomic E-state index is 17.0. The van der Waals surface area contributed by atoms with Gasteiger partial charge in [-0.1, -0.05) is 42.3 Å². The minimum Gasteiger partial charge on any atom is -0.500 e. The molecule has 4 aliphatic heterocycles. The molecule has 0 amide bonds. The fourth-order valence-corrected chi connectivity index (χ4v) is 8.90. The fraction of sp³-hybridized carbons (Fsp3) is 0.425. The summed E-state index contributed by atoms with van der Waals surface area (Å²) in [5.74, 6) is 1.91. The zero-order valence-electron chi connectivity index (χ0n) is 28.1. The number of fused-ring (bicyclic) bond motifs is 5. The molecule has 2 aromatic carbocycles. The van der Waals surface area contributed by atoms with Crippen molar-refractivity contribution in [1.29, 1.82) is 0 Å². The Morgan fingerprint density at radius 3 is 2.72 bits per heavy atom. The zero-order valence-corrected chi connectivity index (χ0v) is 28.1. The molecule has 1 N–H and O–H groups in total. The van der Waals surface area contributed by atoms with E-state index in [4.69, 9.17) is 25.9 Å². The van der Waals surface area contributed by atoms with Crippen molar-refractivity contribution < 1.29 is 18.3 Å². The van der Waals surface area contributed by atoms with Crippen LogP contribution in [0.2, 0.25) is 0 Å². The molecular formula is C40H40F2N6O2. The Morgan fingerprint density at radius 1 is 1.10 bits per heavy atom. The summed E-state index contributed by atoms with van der Waals surface area (Å²) in [6.45, 7) is 7.63. The molecule has 4 atom stereocenters. The Kier molecular flexibility index (Phi) is 7.74. The number of nitrogens with zero attached hydrogens (tertiary/aromatic N) is 5. The Hall–Kier alpha value is -4.59. The predicted molar refractivity (Wildman–Crippen MR) is 190 cm³/mol. The van der Waals surface area contributed by atoms with E-state index >= 15 is 4.39 Å². The molecule has 9 rings (SSSR count). The van der Waals surface area contributed by atoms with Crippen LogP contribution < -0.4 is 15.0 Å². The number of halogens is 2. The number of terminal acetylenes is 1. The van der Waals surface area contributed by atoms with Gasteiger partial charge in [0.1, 0.15) is 36.1 Å². The minimum absolute atomic E-state index is 0.0496. The van der Waals surface area contributed by atoms with Crippen molar-refractivity contribution in [2.75, 3.05) is 37.7 Å². The van der Waals surface area contributed by atoms with Gasteiger partial charge in [0.15, 0.2) is 5.82 Å². The van der Waals surface area contributed by atoms with E-state index in [-0.39, 0.29) is 34.4 Å². The second kappa shape index (κ2) is 12.3. The van der Waals surface area contributed by atoms with E-state index in [9.17, 15) is 4.39 Å². The van der Waals surface area contributed by atoms with Crippen LogP contribution in [0.3, 0.4) is 0 Å². The quantitative estimate of drug-likeness (QED) is 0.126. The summed E-state index contributed by atoms with van der Waals surface area (Å²) in [5.41, 5.74) is 2.96. The zero-order chi connectivity index (χ0) is 34.0. The molecule has 10 heteroatoms. The molecular weight excluding hydrogens is 634 g/mol. The van der Waals surface area contributed by atoms with E-state index in [1.165, 1.54) is 23.6 Å². The number of benzene rings is 2. The molecule has 8 nitrogen and oxygen atoms in total. The highest BCUT2D eigenvalue weighted by Gasteiger charge is 2.51. The number of hydrogen-bond donors (Lipinski definition) is 1. The Morgan fingerprint density at radius 2 is 1.94 bits per heavy atom. The van der Waals surface area contributed by atoms with Crippen molar-refractivity contribution >= 4 is 27.5 Å². The van der Waals surface area contributed by atoms with E-state index in [0.29, 0.717) is 52.8 Å². The molecule has 6 heterocycles. The van der Waals surface area contributed by atoms with Crippen LogP contribution in [0.25, 0.3) is 32.9 Å². The minimum atomic E-state index is -0.624. The monoisotopic (exact) mass is 674 g/mol. The normalized spacial score (nSPS) is 25.9. The van der Waals surface area contributed by atoms with E-state index in [2.05, 4.69) is 32.6 Å². The van der Waals surface area contributed by atoms with Gasteiger partial charge in [-0.15, -0.1) is 6.42 Å². The molecule has 50 heavy (non-hydrogen) atoms. The van der Waals surface area contributed by atoms with Gasteiger partial charge >= 0.3 is 6.01 Å². The van der Waals surface area contributed by atoms with Crippen LogP contribution >= 0.6 is 0 Å². The van der Waals surface area contributed by atoms with Crippen molar-refractivity contribution in [3.8, 4) is 29.6 Å². The molecule has 1 aliphatic carbocycles. The fourth-order valence-electron chi connectivity index (χ4n) is 8.90. The summed E-state index contributed by atoms with van der Waals surface area (Å²) in [5, 5.41) is 5.32. The van der Waals surface area contributed by atoms with Gasteiger partial charge < -0.3 is 19.7 Å². The standard InChI is InChI=1S/C40H40F2N6O2/c1-3-30-33(41)13-10-26-8-5-9-31(34(26)30)36-35(42)37-32(17-43-36)38(47-19-27-11-12-28(20-47)44-27)46-39(45-37)50-23-40-15-14-29(48(40)18-24(2)16-40)22-49-21-25-6-4-7-25/h1,5,8-10,13,17,21,27-29,44H,2,4,6-7,11-12,14-16,18-20,22-23H2. The number of hydrogen-bond acceptors (Lipinski definition) is 8. The Balaban J connectivity index is 1.09. The maximum Gasteiger partial charge on any atom is 0.319 e. The molecule has 4 unspecified atom stereocenters. The third-order valence-corrected chi connectivity index (χ3v) is 11.5. The Labute approximate surface area is 290 Å². The third-order valence-electron chi connectivity index (χ3n) is 11.5. The van der Waals surface area contributed by atoms with Gasteiger partial charge in [-0.3, -0.25) is 9.88 Å². The number of piperazine rings is 1. The van der Waals surface area contributed by atoms with E-state index in [1.54, 1.807) is 24.4 Å². The van der Waals surface area contributed by atoms with Crippen molar-refractivity contribution in [1.82, 2.24) is 25.2 Å². The van der Waals surface area contributed by atoms with E-state index in [1.807, 2.05) is 12.3 Å². The van der Waals surface area contributed by atoms with Crippen molar-refractivity contribution in [3.05, 3.63) is 77.7 Å². The summed E-state index contributed by atoms with van der Waals surface area (Å²) < 4.78 is 44.4. The first-order valence-corrected chi connectivity index (χ1v) is 17.8. The highest BCUT2D eigenvalue weighted by Crippen LogP contribution is 2.45. The highest BCUT2D eigenvalue weighted by atomic mass is 19.1. The summed E-state index contributed by atoms with van der Waals surface area (Å²) in [6.07, 6.45) is 17.8. The van der Waals surface area contributed by atoms with Gasteiger partial charge in [0.05, 0.1) is 22.8 Å². The van der Waals surface area contributed by atoms with Crippen LogP contribution in [0.4, 0.5) is 14.6 Å². The molecule has 0 spiro atoms. The first-order chi connectivity index (χ1) is 24.4. The van der Waals surface area contributed by atoms with Crippen LogP contribution in [0.1, 0.15) is 56.9 Å². The number of pyridine rings is 1. The predicted octanol–water partition coefficient (Wildman–Crippen LogP) is 6.67. The van der Waals surface area contributed by atoms with Crippen molar-refractivity contribution in [2.24, 2.45) is 0 Å². The molecule has 0 radical (unpaired) electrons. The number of aromatic nitrogens is 3. The van der Waals surface area contributed by atoms with Crippen LogP contribution in [-0.4, -0.2) is 76.4 Å². The molecule has 4 aromatic rings. The van der Waals surface area contributed by atoms with Gasteiger partial charge in [0, 0.05) is 54.9 Å². The summed E-state index contributed by atoms with van der Waals surface area (Å²) in [7, 11) is 0. The second-order valence-corrected chi connectivity index (χ2v) is 14.7. The van der Waals surface area contributed by atoms with Crippen LogP contribution in [-0.2, 0) is 4.74 Å². The average Bonchev–Trinajstić information content (AvgIpc) is 3.73. The first kappa shape index (κ1) is 31.4. The summed E-state index contributed by atoms with van der Waals surface area (Å²) in [4.78, 5) is 19.0. The van der Waals surface area contributed by atoms with Crippen molar-refractivity contribution in [2.45, 2.75) is 75.0 Å². The number of anilines is 1. The molecule has 5 fully saturated rings. The summed E-state index contributed by atoms with van der Waals surface area (Å²) in [6, 6.07) is 9.39. The lowest BCUT2D eigenvalue weighted by molar-refractivity contribution is 0.0600. The van der Waals surface area contributed by atoms with Gasteiger partial charge in [-0.2, -0.15) is 9.97 Å². The smallest absolute Gasteiger partial charge is 0.319 e. The summed E-state index contributed by atoms with van der Waals surface area (Å²) >= 11 is 0. The average molecular weight is 675 g/mol. The molecule has 1 saturated carbocycles. The van der Waals surface area contributed by atoms with Gasteiger partial charge in [-0.25, -0.2) is 8.78 Å². The molecule has 2 bridgehead atoms. The largest absolute Gasteiger partial charge is 0.500 e. The van der Waals surface area contributed by atoms with Crippen LogP contribution in [0.5, 0.6) is 6.01 Å².